The van der Waals surface area contributed by atoms with Gasteiger partial charge in [0.05, 0.1) is 6.20 Å². The van der Waals surface area contributed by atoms with E-state index in [2.05, 4.69) is 60.2 Å². The van der Waals surface area contributed by atoms with Crippen LogP contribution in [0, 0.1) is 19.7 Å². The summed E-state index contributed by atoms with van der Waals surface area (Å²) in [5.41, 5.74) is 3.80. The van der Waals surface area contributed by atoms with E-state index < -0.39 is 5.82 Å². The number of halogens is 1. The highest BCUT2D eigenvalue weighted by molar-refractivity contribution is 5.52. The van der Waals surface area contributed by atoms with E-state index in [9.17, 15) is 4.39 Å². The Morgan fingerprint density at radius 2 is 1.57 bits per heavy atom. The normalized spacial score (nSPS) is 11.5. The van der Waals surface area contributed by atoms with Crippen molar-refractivity contribution in [2.24, 2.45) is 0 Å². The van der Waals surface area contributed by atoms with Crippen molar-refractivity contribution in [3.05, 3.63) is 89.2 Å². The Bertz CT molecular complexity index is 1170. The highest BCUT2D eigenvalue weighted by Crippen LogP contribution is 2.34. The van der Waals surface area contributed by atoms with Gasteiger partial charge in [-0.1, -0.05) is 61.0 Å². The molecule has 0 radical (unpaired) electrons. The standard InChI is InChI=1S/C24H22FN3O2/c1-15-5-7-17(8-6-15)24(3,4)18-9-11-19(12-10-18)29-22-13-21(26-14-20(22)25)23-27-16(2)30-28-23/h5-14H,1-4H3. The molecule has 0 atom stereocenters. The van der Waals surface area contributed by atoms with Crippen molar-refractivity contribution in [1.82, 2.24) is 15.1 Å². The van der Waals surface area contributed by atoms with E-state index in [0.29, 0.717) is 17.3 Å². The molecule has 0 bridgehead atoms. The molecule has 152 valence electrons. The Morgan fingerprint density at radius 1 is 0.933 bits per heavy atom. The maximum Gasteiger partial charge on any atom is 0.223 e. The predicted molar refractivity (Wildman–Crippen MR) is 112 cm³/mol. The van der Waals surface area contributed by atoms with Crippen LogP contribution in [0.3, 0.4) is 0 Å². The fourth-order valence-corrected chi connectivity index (χ4v) is 3.23. The molecule has 0 amide bonds. The molecule has 0 saturated heterocycles. The summed E-state index contributed by atoms with van der Waals surface area (Å²) in [5, 5.41) is 3.81. The first-order chi connectivity index (χ1) is 14.3. The van der Waals surface area contributed by atoms with E-state index in [1.165, 1.54) is 17.2 Å². The molecule has 0 fully saturated rings. The summed E-state index contributed by atoms with van der Waals surface area (Å²) in [7, 11) is 0. The number of hydrogen-bond acceptors (Lipinski definition) is 5. The Balaban J connectivity index is 1.57. The second kappa shape index (κ2) is 7.71. The molecule has 6 heteroatoms. The first kappa shape index (κ1) is 19.8. The number of aryl methyl sites for hydroxylation is 2. The van der Waals surface area contributed by atoms with E-state index in [-0.39, 0.29) is 17.0 Å². The molecule has 2 heterocycles. The van der Waals surface area contributed by atoms with Gasteiger partial charge < -0.3 is 9.26 Å². The second-order valence-electron chi connectivity index (χ2n) is 7.75. The summed E-state index contributed by atoms with van der Waals surface area (Å²) in [6.45, 7) is 8.11. The lowest BCUT2D eigenvalue weighted by Gasteiger charge is -2.26. The molecule has 5 nitrogen and oxygen atoms in total. The molecule has 0 N–H and O–H groups in total. The fourth-order valence-electron chi connectivity index (χ4n) is 3.23. The molecule has 4 aromatic rings. The van der Waals surface area contributed by atoms with Crippen LogP contribution in [0.25, 0.3) is 11.5 Å². The second-order valence-corrected chi connectivity index (χ2v) is 7.75. The zero-order valence-corrected chi connectivity index (χ0v) is 17.3. The molecule has 0 spiro atoms. The van der Waals surface area contributed by atoms with Crippen LogP contribution in [0.1, 0.15) is 36.4 Å². The Labute approximate surface area is 174 Å². The zero-order valence-electron chi connectivity index (χ0n) is 17.3. The largest absolute Gasteiger partial charge is 0.454 e. The van der Waals surface area contributed by atoms with Crippen molar-refractivity contribution in [3.8, 4) is 23.0 Å². The van der Waals surface area contributed by atoms with E-state index in [1.54, 1.807) is 6.92 Å². The molecule has 2 aromatic heterocycles. The average molecular weight is 403 g/mol. The smallest absolute Gasteiger partial charge is 0.223 e. The molecule has 0 aliphatic heterocycles. The van der Waals surface area contributed by atoms with Crippen LogP contribution in [-0.2, 0) is 5.41 Å². The topological polar surface area (TPSA) is 61.0 Å². The van der Waals surface area contributed by atoms with Crippen LogP contribution in [-0.4, -0.2) is 15.1 Å². The number of aromatic nitrogens is 3. The molecule has 30 heavy (non-hydrogen) atoms. The van der Waals surface area contributed by atoms with Gasteiger partial charge in [0.15, 0.2) is 11.6 Å². The molecular formula is C24H22FN3O2. The summed E-state index contributed by atoms with van der Waals surface area (Å²) in [6.07, 6.45) is 1.09. The number of rotatable bonds is 5. The molecule has 0 aliphatic rings. The molecule has 0 unspecified atom stereocenters. The van der Waals surface area contributed by atoms with Gasteiger partial charge in [0, 0.05) is 18.4 Å². The zero-order chi connectivity index (χ0) is 21.3. The van der Waals surface area contributed by atoms with Crippen molar-refractivity contribution in [1.29, 1.82) is 0 Å². The van der Waals surface area contributed by atoms with Crippen molar-refractivity contribution >= 4 is 0 Å². The van der Waals surface area contributed by atoms with Crippen LogP contribution in [0.4, 0.5) is 4.39 Å². The van der Waals surface area contributed by atoms with Crippen molar-refractivity contribution < 1.29 is 13.7 Å². The van der Waals surface area contributed by atoms with Gasteiger partial charge in [-0.3, -0.25) is 0 Å². The van der Waals surface area contributed by atoms with Crippen molar-refractivity contribution in [2.45, 2.75) is 33.1 Å². The number of hydrogen-bond donors (Lipinski definition) is 0. The summed E-state index contributed by atoms with van der Waals surface area (Å²) >= 11 is 0. The minimum atomic E-state index is -0.567. The minimum absolute atomic E-state index is 0.0491. The maximum atomic E-state index is 14.2. The van der Waals surface area contributed by atoms with Crippen LogP contribution in [0.2, 0.25) is 0 Å². The molecule has 0 saturated carbocycles. The monoisotopic (exact) mass is 403 g/mol. The van der Waals surface area contributed by atoms with Gasteiger partial charge in [0.1, 0.15) is 11.4 Å². The average Bonchev–Trinajstić information content (AvgIpc) is 3.17. The summed E-state index contributed by atoms with van der Waals surface area (Å²) in [6, 6.07) is 17.7. The van der Waals surface area contributed by atoms with Gasteiger partial charge >= 0.3 is 0 Å². The van der Waals surface area contributed by atoms with Crippen molar-refractivity contribution in [2.75, 3.05) is 0 Å². The molecule has 4 rings (SSSR count). The van der Waals surface area contributed by atoms with Crippen LogP contribution in [0.15, 0.2) is 65.3 Å². The number of pyridine rings is 1. The van der Waals surface area contributed by atoms with E-state index >= 15 is 0 Å². The first-order valence-electron chi connectivity index (χ1n) is 9.65. The van der Waals surface area contributed by atoms with Crippen LogP contribution < -0.4 is 4.74 Å². The summed E-state index contributed by atoms with van der Waals surface area (Å²) in [5.74, 6) is 0.702. The van der Waals surface area contributed by atoms with Crippen LogP contribution in [0.5, 0.6) is 11.5 Å². The van der Waals surface area contributed by atoms with Gasteiger partial charge in [-0.15, -0.1) is 0 Å². The summed E-state index contributed by atoms with van der Waals surface area (Å²) in [4.78, 5) is 8.12. The number of ether oxygens (including phenoxy) is 1. The third-order valence-electron chi connectivity index (χ3n) is 5.15. The van der Waals surface area contributed by atoms with Gasteiger partial charge in [-0.05, 0) is 30.2 Å². The molecule has 0 aliphatic carbocycles. The van der Waals surface area contributed by atoms with E-state index in [4.69, 9.17) is 9.26 Å². The fraction of sp³-hybridized carbons (Fsp3) is 0.208. The Kier molecular flexibility index (Phi) is 5.08. The molecule has 2 aromatic carbocycles. The molecular weight excluding hydrogens is 381 g/mol. The minimum Gasteiger partial charge on any atom is -0.454 e. The lowest BCUT2D eigenvalue weighted by molar-refractivity contribution is 0.394. The number of benzene rings is 2. The number of nitrogens with zero attached hydrogens (tertiary/aromatic N) is 3. The summed E-state index contributed by atoms with van der Waals surface area (Å²) < 4.78 is 25.0. The third-order valence-corrected chi connectivity index (χ3v) is 5.15. The maximum absolute atomic E-state index is 14.2. The highest BCUT2D eigenvalue weighted by atomic mass is 19.1. The third kappa shape index (κ3) is 3.94. The van der Waals surface area contributed by atoms with Crippen LogP contribution >= 0.6 is 0 Å². The lowest BCUT2D eigenvalue weighted by Crippen LogP contribution is -2.18. The quantitative estimate of drug-likeness (QED) is 0.409. The van der Waals surface area contributed by atoms with Gasteiger partial charge in [0.25, 0.3) is 0 Å². The predicted octanol–water partition coefficient (Wildman–Crippen LogP) is 6.01. The highest BCUT2D eigenvalue weighted by Gasteiger charge is 2.23. The Morgan fingerprint density at radius 3 is 2.17 bits per heavy atom. The Hall–Kier alpha value is -3.54. The van der Waals surface area contributed by atoms with Gasteiger partial charge in [-0.2, -0.15) is 4.98 Å². The van der Waals surface area contributed by atoms with E-state index in [0.717, 1.165) is 11.8 Å². The van der Waals surface area contributed by atoms with Gasteiger partial charge in [0.2, 0.25) is 11.7 Å². The van der Waals surface area contributed by atoms with Crippen molar-refractivity contribution in [3.63, 3.8) is 0 Å². The first-order valence-corrected chi connectivity index (χ1v) is 9.65. The van der Waals surface area contributed by atoms with Gasteiger partial charge in [-0.25, -0.2) is 9.37 Å². The SMILES string of the molecule is Cc1ccc(C(C)(C)c2ccc(Oc3cc(-c4noc(C)n4)ncc3F)cc2)cc1. The van der Waals surface area contributed by atoms with E-state index in [1.807, 2.05) is 24.3 Å². The lowest BCUT2D eigenvalue weighted by atomic mass is 9.78.